The summed E-state index contributed by atoms with van der Waals surface area (Å²) in [6, 6.07) is 8.43. The Labute approximate surface area is 113 Å². The third-order valence-corrected chi connectivity index (χ3v) is 2.70. The molecule has 3 nitrogen and oxygen atoms in total. The van der Waals surface area contributed by atoms with Gasteiger partial charge < -0.3 is 4.74 Å². The molecular weight excluding hydrogens is 266 g/mol. The molecule has 0 atom stereocenters. The van der Waals surface area contributed by atoms with Crippen LogP contribution in [0.5, 0.6) is 0 Å². The van der Waals surface area contributed by atoms with Gasteiger partial charge >= 0.3 is 5.97 Å². The van der Waals surface area contributed by atoms with Crippen molar-refractivity contribution in [2.24, 2.45) is 0 Å². The van der Waals surface area contributed by atoms with Crippen LogP contribution < -0.4 is 0 Å². The lowest BCUT2D eigenvalue weighted by Gasteiger charge is -2.07. The molecule has 102 valence electrons. The van der Waals surface area contributed by atoms with Crippen molar-refractivity contribution in [3.63, 3.8) is 0 Å². The molecule has 0 spiro atoms. The lowest BCUT2D eigenvalue weighted by molar-refractivity contribution is 0.0597. The summed E-state index contributed by atoms with van der Waals surface area (Å²) in [4.78, 5) is 23.8. The first-order valence-corrected chi connectivity index (χ1v) is 5.71. The normalized spacial score (nSPS) is 10.2. The standard InChI is InChI=1S/C15H10F2O3/c1-20-15(19)13-5-3-2-4-12(13)14(18)9-6-10(16)8-11(17)7-9/h2-8H,1H3. The molecule has 0 bridgehead atoms. The number of carbonyl (C=O) groups is 2. The maximum absolute atomic E-state index is 13.1. The Morgan fingerprint density at radius 1 is 0.950 bits per heavy atom. The summed E-state index contributed by atoms with van der Waals surface area (Å²) < 4.78 is 30.9. The molecule has 0 unspecified atom stereocenters. The number of rotatable bonds is 3. The number of esters is 1. The summed E-state index contributed by atoms with van der Waals surface area (Å²) in [5.41, 5.74) is -0.0899. The molecule has 0 aromatic heterocycles. The maximum Gasteiger partial charge on any atom is 0.338 e. The van der Waals surface area contributed by atoms with Crippen molar-refractivity contribution >= 4 is 11.8 Å². The van der Waals surface area contributed by atoms with Crippen molar-refractivity contribution in [3.8, 4) is 0 Å². The largest absolute Gasteiger partial charge is 0.465 e. The lowest BCUT2D eigenvalue weighted by atomic mass is 9.98. The van der Waals surface area contributed by atoms with E-state index in [9.17, 15) is 18.4 Å². The van der Waals surface area contributed by atoms with Gasteiger partial charge in [-0.05, 0) is 18.2 Å². The summed E-state index contributed by atoms with van der Waals surface area (Å²) >= 11 is 0. The van der Waals surface area contributed by atoms with E-state index in [1.165, 1.54) is 19.2 Å². The van der Waals surface area contributed by atoms with Crippen LogP contribution in [0.25, 0.3) is 0 Å². The fraction of sp³-hybridized carbons (Fsp3) is 0.0667. The second-order valence-corrected chi connectivity index (χ2v) is 4.02. The lowest BCUT2D eigenvalue weighted by Crippen LogP contribution is -2.11. The number of ketones is 1. The molecule has 20 heavy (non-hydrogen) atoms. The molecule has 0 saturated carbocycles. The van der Waals surface area contributed by atoms with E-state index in [4.69, 9.17) is 0 Å². The van der Waals surface area contributed by atoms with Crippen LogP contribution in [-0.2, 0) is 4.74 Å². The summed E-state index contributed by atoms with van der Waals surface area (Å²) in [7, 11) is 1.19. The van der Waals surface area contributed by atoms with Gasteiger partial charge in [-0.1, -0.05) is 18.2 Å². The summed E-state index contributed by atoms with van der Waals surface area (Å²) in [5, 5.41) is 0. The van der Waals surface area contributed by atoms with Gasteiger partial charge in [-0.3, -0.25) is 4.79 Å². The number of benzene rings is 2. The Morgan fingerprint density at radius 2 is 1.50 bits per heavy atom. The number of carbonyl (C=O) groups excluding carboxylic acids is 2. The Kier molecular flexibility index (Phi) is 3.89. The zero-order valence-electron chi connectivity index (χ0n) is 10.5. The predicted octanol–water partition coefficient (Wildman–Crippen LogP) is 2.98. The molecule has 0 N–H and O–H groups in total. The topological polar surface area (TPSA) is 43.4 Å². The minimum atomic E-state index is -0.858. The first-order valence-electron chi connectivity index (χ1n) is 5.71. The Hall–Kier alpha value is -2.56. The molecule has 0 aliphatic carbocycles. The van der Waals surface area contributed by atoms with Gasteiger partial charge in [0.05, 0.1) is 12.7 Å². The van der Waals surface area contributed by atoms with Gasteiger partial charge in [-0.25, -0.2) is 13.6 Å². The monoisotopic (exact) mass is 276 g/mol. The highest BCUT2D eigenvalue weighted by atomic mass is 19.1. The molecule has 0 aliphatic rings. The minimum absolute atomic E-state index is 0.0318. The first-order chi connectivity index (χ1) is 9.52. The number of methoxy groups -OCH3 is 1. The third-order valence-electron chi connectivity index (χ3n) is 2.70. The number of ether oxygens (including phenoxy) is 1. The van der Waals surface area contributed by atoms with Crippen molar-refractivity contribution in [2.45, 2.75) is 0 Å². The van der Waals surface area contributed by atoms with Gasteiger partial charge in [-0.2, -0.15) is 0 Å². The van der Waals surface area contributed by atoms with E-state index in [0.29, 0.717) is 6.07 Å². The van der Waals surface area contributed by atoms with E-state index < -0.39 is 23.4 Å². The van der Waals surface area contributed by atoms with Crippen LogP contribution in [-0.4, -0.2) is 18.9 Å². The van der Waals surface area contributed by atoms with Crippen LogP contribution >= 0.6 is 0 Å². The quantitative estimate of drug-likeness (QED) is 0.639. The van der Waals surface area contributed by atoms with Gasteiger partial charge in [0, 0.05) is 17.2 Å². The van der Waals surface area contributed by atoms with Gasteiger partial charge in [0.25, 0.3) is 0 Å². The molecule has 2 aromatic rings. The highest BCUT2D eigenvalue weighted by molar-refractivity contribution is 6.14. The summed E-state index contributed by atoms with van der Waals surface area (Å²) in [5.74, 6) is -3.05. The molecule has 0 fully saturated rings. The van der Waals surface area contributed by atoms with Crippen LogP contribution in [0.15, 0.2) is 42.5 Å². The molecule has 0 saturated heterocycles. The van der Waals surface area contributed by atoms with Crippen molar-refractivity contribution < 1.29 is 23.1 Å². The van der Waals surface area contributed by atoms with Crippen molar-refractivity contribution in [1.82, 2.24) is 0 Å². The Morgan fingerprint density at radius 3 is 2.05 bits per heavy atom. The zero-order chi connectivity index (χ0) is 14.7. The number of halogens is 2. The van der Waals surface area contributed by atoms with Crippen LogP contribution in [0.4, 0.5) is 8.78 Å². The maximum atomic E-state index is 13.1. The highest BCUT2D eigenvalue weighted by Gasteiger charge is 2.19. The molecular formula is C15H10F2O3. The van der Waals surface area contributed by atoms with E-state index >= 15 is 0 Å². The van der Waals surface area contributed by atoms with E-state index in [1.807, 2.05) is 0 Å². The van der Waals surface area contributed by atoms with Crippen LogP contribution in [0.2, 0.25) is 0 Å². The molecule has 2 rings (SSSR count). The fourth-order valence-electron chi connectivity index (χ4n) is 1.81. The first kappa shape index (κ1) is 13.9. The van der Waals surface area contributed by atoms with Crippen molar-refractivity contribution in [2.75, 3.05) is 7.11 Å². The molecule has 0 heterocycles. The molecule has 0 amide bonds. The van der Waals surface area contributed by atoms with Crippen molar-refractivity contribution in [3.05, 3.63) is 70.8 Å². The molecule has 5 heteroatoms. The molecule has 0 aliphatic heterocycles. The third kappa shape index (κ3) is 2.71. The van der Waals surface area contributed by atoms with E-state index in [0.717, 1.165) is 12.1 Å². The number of hydrogen-bond acceptors (Lipinski definition) is 3. The van der Waals surface area contributed by atoms with Gasteiger partial charge in [-0.15, -0.1) is 0 Å². The average Bonchev–Trinajstić information content (AvgIpc) is 2.44. The SMILES string of the molecule is COC(=O)c1ccccc1C(=O)c1cc(F)cc(F)c1. The van der Waals surface area contributed by atoms with Gasteiger partial charge in [0.15, 0.2) is 5.78 Å². The zero-order valence-corrected chi connectivity index (χ0v) is 10.5. The Balaban J connectivity index is 2.51. The van der Waals surface area contributed by atoms with Crippen LogP contribution in [0.3, 0.4) is 0 Å². The van der Waals surface area contributed by atoms with Crippen LogP contribution in [0.1, 0.15) is 26.3 Å². The smallest absolute Gasteiger partial charge is 0.338 e. The van der Waals surface area contributed by atoms with E-state index in [2.05, 4.69) is 4.74 Å². The minimum Gasteiger partial charge on any atom is -0.465 e. The second kappa shape index (κ2) is 5.61. The number of hydrogen-bond donors (Lipinski definition) is 0. The van der Waals surface area contributed by atoms with E-state index in [1.54, 1.807) is 12.1 Å². The van der Waals surface area contributed by atoms with E-state index in [-0.39, 0.29) is 16.7 Å². The highest BCUT2D eigenvalue weighted by Crippen LogP contribution is 2.17. The molecule has 2 aromatic carbocycles. The fourth-order valence-corrected chi connectivity index (χ4v) is 1.81. The van der Waals surface area contributed by atoms with Crippen molar-refractivity contribution in [1.29, 1.82) is 0 Å². The summed E-state index contributed by atoms with van der Waals surface area (Å²) in [6.07, 6.45) is 0. The van der Waals surface area contributed by atoms with Crippen LogP contribution in [0, 0.1) is 11.6 Å². The summed E-state index contributed by atoms with van der Waals surface area (Å²) in [6.45, 7) is 0. The van der Waals surface area contributed by atoms with Gasteiger partial charge in [0.2, 0.25) is 0 Å². The second-order valence-electron chi connectivity index (χ2n) is 4.02. The predicted molar refractivity (Wildman–Crippen MR) is 67.6 cm³/mol. The van der Waals surface area contributed by atoms with Gasteiger partial charge in [0.1, 0.15) is 11.6 Å². The Bertz CT molecular complexity index is 660. The average molecular weight is 276 g/mol. The molecule has 0 radical (unpaired) electrons.